The van der Waals surface area contributed by atoms with Gasteiger partial charge in [-0.2, -0.15) is 5.10 Å². The Morgan fingerprint density at radius 2 is 1.93 bits per heavy atom. The van der Waals surface area contributed by atoms with Crippen molar-refractivity contribution in [1.82, 2.24) is 14.8 Å². The number of hydrogen-bond donors (Lipinski definition) is 0. The lowest BCUT2D eigenvalue weighted by Gasteiger charge is -2.17. The maximum atomic E-state index is 4.45. The van der Waals surface area contributed by atoms with Crippen LogP contribution in [0.25, 0.3) is 10.9 Å². The molecule has 0 bridgehead atoms. The third-order valence-corrected chi connectivity index (χ3v) is 2.40. The first-order valence-electron chi connectivity index (χ1n) is 4.77. The van der Waals surface area contributed by atoms with E-state index >= 15 is 0 Å². The summed E-state index contributed by atoms with van der Waals surface area (Å²) in [4.78, 5) is 4.45. The third-order valence-electron chi connectivity index (χ3n) is 2.40. The van der Waals surface area contributed by atoms with Crippen molar-refractivity contribution in [2.45, 2.75) is 26.2 Å². The van der Waals surface area contributed by atoms with Gasteiger partial charge in [-0.25, -0.2) is 0 Å². The molecule has 0 unspecified atom stereocenters. The predicted molar refractivity (Wildman–Crippen MR) is 57.2 cm³/mol. The summed E-state index contributed by atoms with van der Waals surface area (Å²) < 4.78 is 1.84. The van der Waals surface area contributed by atoms with E-state index in [9.17, 15) is 0 Å². The molecular weight excluding hydrogens is 174 g/mol. The van der Waals surface area contributed by atoms with Gasteiger partial charge in [-0.3, -0.25) is 9.67 Å². The Balaban J connectivity index is 2.63. The lowest BCUT2D eigenvalue weighted by molar-refractivity contribution is 0.570. The first-order valence-corrected chi connectivity index (χ1v) is 4.77. The minimum atomic E-state index is 0.101. The molecule has 0 aliphatic carbocycles. The molecular formula is C11H15N3. The minimum Gasteiger partial charge on any atom is -0.266 e. The second-order valence-electron chi connectivity index (χ2n) is 4.65. The van der Waals surface area contributed by atoms with E-state index in [0.717, 1.165) is 16.6 Å². The Morgan fingerprint density at radius 1 is 1.21 bits per heavy atom. The van der Waals surface area contributed by atoms with Crippen molar-refractivity contribution in [1.29, 1.82) is 0 Å². The van der Waals surface area contributed by atoms with Gasteiger partial charge in [0.05, 0.1) is 17.9 Å². The molecule has 2 rings (SSSR count). The summed E-state index contributed by atoms with van der Waals surface area (Å²) in [7, 11) is 1.93. The summed E-state index contributed by atoms with van der Waals surface area (Å²) in [5, 5.41) is 5.36. The van der Waals surface area contributed by atoms with Crippen molar-refractivity contribution in [2.75, 3.05) is 0 Å². The molecule has 0 aromatic carbocycles. The summed E-state index contributed by atoms with van der Waals surface area (Å²) in [5.41, 5.74) is 2.29. The molecule has 0 amide bonds. The van der Waals surface area contributed by atoms with Crippen LogP contribution in [0.2, 0.25) is 0 Å². The Bertz CT molecular complexity index is 463. The average Bonchev–Trinajstić information content (AvgIpc) is 2.46. The SMILES string of the molecule is Cn1ncc2cc(C(C)(C)C)ncc21. The van der Waals surface area contributed by atoms with E-state index in [-0.39, 0.29) is 5.41 Å². The van der Waals surface area contributed by atoms with E-state index in [1.165, 1.54) is 0 Å². The minimum absolute atomic E-state index is 0.101. The van der Waals surface area contributed by atoms with Crippen molar-refractivity contribution >= 4 is 10.9 Å². The molecule has 2 aromatic rings. The molecule has 0 N–H and O–H groups in total. The molecule has 2 heterocycles. The number of nitrogens with zero attached hydrogens (tertiary/aromatic N) is 3. The highest BCUT2D eigenvalue weighted by atomic mass is 15.2. The molecule has 0 atom stereocenters. The van der Waals surface area contributed by atoms with Gasteiger partial charge < -0.3 is 0 Å². The van der Waals surface area contributed by atoms with Crippen LogP contribution in [-0.4, -0.2) is 14.8 Å². The van der Waals surface area contributed by atoms with E-state index in [1.807, 2.05) is 24.1 Å². The molecule has 3 nitrogen and oxygen atoms in total. The smallest absolute Gasteiger partial charge is 0.0862 e. The van der Waals surface area contributed by atoms with Gasteiger partial charge in [-0.05, 0) is 6.07 Å². The summed E-state index contributed by atoms with van der Waals surface area (Å²) >= 11 is 0. The average molecular weight is 189 g/mol. The molecule has 2 aromatic heterocycles. The van der Waals surface area contributed by atoms with Crippen molar-refractivity contribution in [3.8, 4) is 0 Å². The lowest BCUT2D eigenvalue weighted by atomic mass is 9.91. The third kappa shape index (κ3) is 1.39. The van der Waals surface area contributed by atoms with Crippen LogP contribution in [0.1, 0.15) is 26.5 Å². The van der Waals surface area contributed by atoms with Crippen LogP contribution in [0, 0.1) is 0 Å². The van der Waals surface area contributed by atoms with Gasteiger partial charge >= 0.3 is 0 Å². The van der Waals surface area contributed by atoms with Gasteiger partial charge in [0.2, 0.25) is 0 Å². The highest BCUT2D eigenvalue weighted by Gasteiger charge is 2.16. The number of pyridine rings is 1. The van der Waals surface area contributed by atoms with Crippen LogP contribution in [0.15, 0.2) is 18.5 Å². The fourth-order valence-corrected chi connectivity index (χ4v) is 1.46. The van der Waals surface area contributed by atoms with Crippen LogP contribution < -0.4 is 0 Å². The van der Waals surface area contributed by atoms with Gasteiger partial charge in [0.1, 0.15) is 0 Å². The number of aryl methyl sites for hydroxylation is 1. The topological polar surface area (TPSA) is 30.7 Å². The Morgan fingerprint density at radius 3 is 2.57 bits per heavy atom. The fraction of sp³-hybridized carbons (Fsp3) is 0.455. The molecule has 74 valence electrons. The number of aromatic nitrogens is 3. The summed E-state index contributed by atoms with van der Waals surface area (Å²) in [6.07, 6.45) is 3.77. The van der Waals surface area contributed by atoms with Crippen LogP contribution in [0.3, 0.4) is 0 Å². The molecule has 3 heteroatoms. The fourth-order valence-electron chi connectivity index (χ4n) is 1.46. The molecule has 0 aliphatic heterocycles. The van der Waals surface area contributed by atoms with Crippen molar-refractivity contribution in [2.24, 2.45) is 7.05 Å². The van der Waals surface area contributed by atoms with Gasteiger partial charge in [0, 0.05) is 23.5 Å². The van der Waals surface area contributed by atoms with Crippen LogP contribution in [0.5, 0.6) is 0 Å². The first kappa shape index (κ1) is 9.19. The number of fused-ring (bicyclic) bond motifs is 1. The van der Waals surface area contributed by atoms with Crippen molar-refractivity contribution in [3.63, 3.8) is 0 Å². The van der Waals surface area contributed by atoms with E-state index < -0.39 is 0 Å². The largest absolute Gasteiger partial charge is 0.266 e. The Labute approximate surface area is 83.8 Å². The molecule has 0 spiro atoms. The number of rotatable bonds is 0. The van der Waals surface area contributed by atoms with Crippen LogP contribution in [-0.2, 0) is 12.5 Å². The number of hydrogen-bond acceptors (Lipinski definition) is 2. The molecule has 0 saturated carbocycles. The van der Waals surface area contributed by atoms with E-state index in [2.05, 4.69) is 36.9 Å². The van der Waals surface area contributed by atoms with E-state index in [1.54, 1.807) is 0 Å². The molecule has 0 aliphatic rings. The zero-order valence-electron chi connectivity index (χ0n) is 9.07. The van der Waals surface area contributed by atoms with Crippen LogP contribution in [0.4, 0.5) is 0 Å². The quantitative estimate of drug-likeness (QED) is 0.636. The standard InChI is InChI=1S/C11H15N3/c1-11(2,3)10-5-8-6-13-14(4)9(8)7-12-10/h5-7H,1-4H3. The second kappa shape index (κ2) is 2.80. The van der Waals surface area contributed by atoms with Gasteiger partial charge in [0.15, 0.2) is 0 Å². The predicted octanol–water partition coefficient (Wildman–Crippen LogP) is 2.27. The lowest BCUT2D eigenvalue weighted by Crippen LogP contribution is -2.13. The van der Waals surface area contributed by atoms with E-state index in [0.29, 0.717) is 0 Å². The molecule has 14 heavy (non-hydrogen) atoms. The van der Waals surface area contributed by atoms with Crippen molar-refractivity contribution in [3.05, 3.63) is 24.2 Å². The van der Waals surface area contributed by atoms with E-state index in [4.69, 9.17) is 0 Å². The van der Waals surface area contributed by atoms with Crippen molar-refractivity contribution < 1.29 is 0 Å². The maximum absolute atomic E-state index is 4.45. The summed E-state index contributed by atoms with van der Waals surface area (Å²) in [6.45, 7) is 6.49. The second-order valence-corrected chi connectivity index (χ2v) is 4.65. The highest BCUT2D eigenvalue weighted by Crippen LogP contribution is 2.23. The summed E-state index contributed by atoms with van der Waals surface area (Å²) in [6, 6.07) is 2.11. The molecule has 0 saturated heterocycles. The normalized spacial score (nSPS) is 12.3. The summed E-state index contributed by atoms with van der Waals surface area (Å²) in [5.74, 6) is 0. The maximum Gasteiger partial charge on any atom is 0.0862 e. The Hall–Kier alpha value is -1.38. The first-order chi connectivity index (χ1) is 6.48. The molecule has 0 fully saturated rings. The monoisotopic (exact) mass is 189 g/mol. The zero-order chi connectivity index (χ0) is 10.3. The highest BCUT2D eigenvalue weighted by molar-refractivity contribution is 5.78. The molecule has 0 radical (unpaired) electrons. The van der Waals surface area contributed by atoms with Gasteiger partial charge in [-0.15, -0.1) is 0 Å². The Kier molecular flexibility index (Phi) is 1.84. The van der Waals surface area contributed by atoms with Gasteiger partial charge in [0.25, 0.3) is 0 Å². The zero-order valence-corrected chi connectivity index (χ0v) is 9.07. The van der Waals surface area contributed by atoms with Crippen LogP contribution >= 0.6 is 0 Å². The van der Waals surface area contributed by atoms with Gasteiger partial charge in [-0.1, -0.05) is 20.8 Å².